The van der Waals surface area contributed by atoms with Crippen LogP contribution < -0.4 is 5.32 Å². The van der Waals surface area contributed by atoms with E-state index < -0.39 is 0 Å². The van der Waals surface area contributed by atoms with Crippen molar-refractivity contribution in [2.24, 2.45) is 5.92 Å². The maximum atomic E-state index is 12.5. The van der Waals surface area contributed by atoms with E-state index in [2.05, 4.69) is 10.3 Å². The molecule has 2 fully saturated rings. The standard InChI is InChI=1S/C21H26N4O2/c1-24(21(27)15-7-8-15)17-11-9-16(10-12-17)23-20(26)19-13-25(14-22-19)18-5-3-2-4-6-18/h2-6,13-17H,7-12H2,1H3,(H,23,26). The van der Waals surface area contributed by atoms with Gasteiger partial charge in [0.05, 0.1) is 0 Å². The number of nitrogens with zero attached hydrogens (tertiary/aromatic N) is 3. The summed E-state index contributed by atoms with van der Waals surface area (Å²) < 4.78 is 1.85. The molecule has 2 amide bonds. The van der Waals surface area contributed by atoms with Crippen molar-refractivity contribution in [2.45, 2.75) is 50.6 Å². The molecule has 2 aliphatic rings. The second kappa shape index (κ2) is 7.55. The van der Waals surface area contributed by atoms with Crippen LogP contribution in [-0.2, 0) is 4.79 Å². The largest absolute Gasteiger partial charge is 0.348 e. The molecule has 2 aromatic rings. The monoisotopic (exact) mass is 366 g/mol. The Morgan fingerprint density at radius 2 is 1.78 bits per heavy atom. The molecule has 1 N–H and O–H groups in total. The fraction of sp³-hybridized carbons (Fsp3) is 0.476. The van der Waals surface area contributed by atoms with Crippen LogP contribution in [0.15, 0.2) is 42.9 Å². The van der Waals surface area contributed by atoms with Gasteiger partial charge in [-0.2, -0.15) is 0 Å². The van der Waals surface area contributed by atoms with Gasteiger partial charge in [-0.3, -0.25) is 9.59 Å². The van der Waals surface area contributed by atoms with Crippen LogP contribution in [0, 0.1) is 5.92 Å². The molecule has 0 aliphatic heterocycles. The van der Waals surface area contributed by atoms with Crippen LogP contribution in [0.1, 0.15) is 49.0 Å². The molecule has 27 heavy (non-hydrogen) atoms. The van der Waals surface area contributed by atoms with Crippen LogP contribution in [0.4, 0.5) is 0 Å². The number of aromatic nitrogens is 2. The molecule has 6 heteroatoms. The van der Waals surface area contributed by atoms with E-state index in [1.807, 2.05) is 46.8 Å². The van der Waals surface area contributed by atoms with Gasteiger partial charge in [0.1, 0.15) is 12.0 Å². The van der Waals surface area contributed by atoms with Gasteiger partial charge in [-0.15, -0.1) is 0 Å². The van der Waals surface area contributed by atoms with Gasteiger partial charge >= 0.3 is 0 Å². The summed E-state index contributed by atoms with van der Waals surface area (Å²) in [6.07, 6.45) is 9.21. The van der Waals surface area contributed by atoms with Gasteiger partial charge in [-0.25, -0.2) is 4.98 Å². The summed E-state index contributed by atoms with van der Waals surface area (Å²) in [5.41, 5.74) is 1.41. The zero-order valence-electron chi connectivity index (χ0n) is 15.7. The summed E-state index contributed by atoms with van der Waals surface area (Å²) in [6.45, 7) is 0. The van der Waals surface area contributed by atoms with E-state index in [0.29, 0.717) is 17.6 Å². The Labute approximate surface area is 159 Å². The Hall–Kier alpha value is -2.63. The van der Waals surface area contributed by atoms with Gasteiger partial charge in [-0.05, 0) is 50.7 Å². The number of carbonyl (C=O) groups is 2. The molecule has 0 radical (unpaired) electrons. The number of para-hydroxylation sites is 1. The predicted octanol–water partition coefficient (Wildman–Crippen LogP) is 2.78. The van der Waals surface area contributed by atoms with Crippen LogP contribution in [0.25, 0.3) is 5.69 Å². The summed E-state index contributed by atoms with van der Waals surface area (Å²) in [6, 6.07) is 10.3. The summed E-state index contributed by atoms with van der Waals surface area (Å²) in [4.78, 5) is 30.9. The van der Waals surface area contributed by atoms with Crippen LogP contribution in [0.2, 0.25) is 0 Å². The Morgan fingerprint density at radius 3 is 2.44 bits per heavy atom. The zero-order valence-corrected chi connectivity index (χ0v) is 15.7. The number of imidazole rings is 1. The highest BCUT2D eigenvalue weighted by atomic mass is 16.2. The van der Waals surface area contributed by atoms with E-state index in [1.54, 1.807) is 12.5 Å². The number of nitrogens with one attached hydrogen (secondary N) is 1. The first kappa shape index (κ1) is 17.8. The third-order valence-corrected chi connectivity index (χ3v) is 5.72. The number of benzene rings is 1. The number of hydrogen-bond acceptors (Lipinski definition) is 3. The molecule has 0 spiro atoms. The van der Waals surface area contributed by atoms with Gasteiger partial charge in [0, 0.05) is 36.9 Å². The van der Waals surface area contributed by atoms with Crippen molar-refractivity contribution in [3.63, 3.8) is 0 Å². The van der Waals surface area contributed by atoms with Crippen molar-refractivity contribution < 1.29 is 9.59 Å². The maximum absolute atomic E-state index is 12.5. The topological polar surface area (TPSA) is 67.2 Å². The van der Waals surface area contributed by atoms with Crippen molar-refractivity contribution in [3.8, 4) is 5.69 Å². The molecule has 0 bridgehead atoms. The molecule has 0 unspecified atom stereocenters. The van der Waals surface area contributed by atoms with Crippen molar-refractivity contribution in [2.75, 3.05) is 7.05 Å². The molecular weight excluding hydrogens is 340 g/mol. The highest BCUT2D eigenvalue weighted by molar-refractivity contribution is 5.92. The Morgan fingerprint density at radius 1 is 1.07 bits per heavy atom. The Bertz CT molecular complexity index is 805. The van der Waals surface area contributed by atoms with Crippen molar-refractivity contribution in [1.29, 1.82) is 0 Å². The van der Waals surface area contributed by atoms with Gasteiger partial charge < -0.3 is 14.8 Å². The fourth-order valence-corrected chi connectivity index (χ4v) is 3.85. The van der Waals surface area contributed by atoms with Gasteiger partial charge in [-0.1, -0.05) is 18.2 Å². The summed E-state index contributed by atoms with van der Waals surface area (Å²) in [7, 11) is 1.93. The predicted molar refractivity (Wildman–Crippen MR) is 103 cm³/mol. The van der Waals surface area contributed by atoms with E-state index in [4.69, 9.17) is 0 Å². The molecule has 6 nitrogen and oxygen atoms in total. The molecule has 142 valence electrons. The van der Waals surface area contributed by atoms with E-state index in [9.17, 15) is 9.59 Å². The first-order valence-corrected chi connectivity index (χ1v) is 9.79. The summed E-state index contributed by atoms with van der Waals surface area (Å²) in [5.74, 6) is 0.441. The average molecular weight is 366 g/mol. The maximum Gasteiger partial charge on any atom is 0.271 e. The zero-order chi connectivity index (χ0) is 18.8. The van der Waals surface area contributed by atoms with Gasteiger partial charge in [0.25, 0.3) is 5.91 Å². The first-order valence-electron chi connectivity index (χ1n) is 9.79. The van der Waals surface area contributed by atoms with Crippen molar-refractivity contribution >= 4 is 11.8 Å². The minimum Gasteiger partial charge on any atom is -0.348 e. The lowest BCUT2D eigenvalue weighted by Gasteiger charge is -2.35. The van der Waals surface area contributed by atoms with Gasteiger partial charge in [0.15, 0.2) is 0 Å². The second-order valence-corrected chi connectivity index (χ2v) is 7.70. The molecule has 4 rings (SSSR count). The SMILES string of the molecule is CN(C(=O)C1CC1)C1CCC(NC(=O)c2cn(-c3ccccc3)cn2)CC1. The van der Waals surface area contributed by atoms with Crippen molar-refractivity contribution in [1.82, 2.24) is 19.8 Å². The fourth-order valence-electron chi connectivity index (χ4n) is 3.85. The van der Waals surface area contributed by atoms with Gasteiger partial charge in [0.2, 0.25) is 5.91 Å². The van der Waals surface area contributed by atoms with E-state index in [-0.39, 0.29) is 17.9 Å². The average Bonchev–Trinajstić information content (AvgIpc) is 3.44. The Kier molecular flexibility index (Phi) is 4.97. The second-order valence-electron chi connectivity index (χ2n) is 7.70. The molecule has 1 aromatic heterocycles. The van der Waals surface area contributed by atoms with Crippen LogP contribution in [-0.4, -0.2) is 45.4 Å². The minimum absolute atomic E-state index is 0.129. The molecule has 2 aliphatic carbocycles. The lowest BCUT2D eigenvalue weighted by Crippen LogP contribution is -2.45. The molecule has 0 saturated heterocycles. The molecule has 2 saturated carbocycles. The van der Waals surface area contributed by atoms with Crippen LogP contribution >= 0.6 is 0 Å². The molecule has 1 aromatic carbocycles. The highest BCUT2D eigenvalue weighted by Gasteiger charge is 2.35. The third-order valence-electron chi connectivity index (χ3n) is 5.72. The quantitative estimate of drug-likeness (QED) is 0.885. The van der Waals surface area contributed by atoms with E-state index in [0.717, 1.165) is 44.2 Å². The molecular formula is C21H26N4O2. The normalized spacial score (nSPS) is 22.3. The van der Waals surface area contributed by atoms with E-state index >= 15 is 0 Å². The van der Waals surface area contributed by atoms with Crippen LogP contribution in [0.3, 0.4) is 0 Å². The number of hydrogen-bond donors (Lipinski definition) is 1. The summed E-state index contributed by atoms with van der Waals surface area (Å²) in [5, 5.41) is 3.11. The minimum atomic E-state index is -0.129. The lowest BCUT2D eigenvalue weighted by molar-refractivity contribution is -0.134. The highest BCUT2D eigenvalue weighted by Crippen LogP contribution is 2.33. The first-order chi connectivity index (χ1) is 13.1. The smallest absolute Gasteiger partial charge is 0.271 e. The third kappa shape index (κ3) is 4.04. The summed E-state index contributed by atoms with van der Waals surface area (Å²) >= 11 is 0. The van der Waals surface area contributed by atoms with E-state index in [1.165, 1.54) is 0 Å². The Balaban J connectivity index is 1.29. The number of amides is 2. The number of carbonyl (C=O) groups excluding carboxylic acids is 2. The number of rotatable bonds is 5. The lowest BCUT2D eigenvalue weighted by atomic mass is 9.90. The van der Waals surface area contributed by atoms with Crippen molar-refractivity contribution in [3.05, 3.63) is 48.5 Å². The molecule has 1 heterocycles. The van der Waals surface area contributed by atoms with Crippen LogP contribution in [0.5, 0.6) is 0 Å². The molecule has 0 atom stereocenters.